The molecule has 7 nitrogen and oxygen atoms in total. The molecule has 27 heavy (non-hydrogen) atoms. The Bertz CT molecular complexity index is 792. The van der Waals surface area contributed by atoms with E-state index in [1.165, 1.54) is 0 Å². The second-order valence-electron chi connectivity index (χ2n) is 5.84. The summed E-state index contributed by atoms with van der Waals surface area (Å²) >= 11 is 0. The Morgan fingerprint density at radius 3 is 2.56 bits per heavy atom. The van der Waals surface area contributed by atoms with E-state index in [0.717, 1.165) is 0 Å². The molecule has 0 fully saturated rings. The van der Waals surface area contributed by atoms with Gasteiger partial charge in [-0.05, 0) is 30.7 Å². The highest BCUT2D eigenvalue weighted by Gasteiger charge is 2.21. The third kappa shape index (κ3) is 5.13. The summed E-state index contributed by atoms with van der Waals surface area (Å²) in [4.78, 5) is 24.2. The first-order valence-electron chi connectivity index (χ1n) is 8.73. The number of hydrogen-bond donors (Lipinski definition) is 1. The summed E-state index contributed by atoms with van der Waals surface area (Å²) in [7, 11) is 0. The van der Waals surface area contributed by atoms with Gasteiger partial charge < -0.3 is 24.3 Å². The minimum Gasteiger partial charge on any atom is -0.486 e. The van der Waals surface area contributed by atoms with Gasteiger partial charge in [0.1, 0.15) is 19.0 Å². The molecule has 2 aromatic carbocycles. The van der Waals surface area contributed by atoms with Crippen molar-refractivity contribution < 1.29 is 28.5 Å². The highest BCUT2D eigenvalue weighted by molar-refractivity contribution is 5.93. The van der Waals surface area contributed by atoms with E-state index in [4.69, 9.17) is 18.9 Å². The summed E-state index contributed by atoms with van der Waals surface area (Å²) in [5, 5.41) is 2.66. The highest BCUT2D eigenvalue weighted by Crippen LogP contribution is 2.32. The molecule has 0 bridgehead atoms. The molecule has 142 valence electrons. The van der Waals surface area contributed by atoms with Gasteiger partial charge in [-0.1, -0.05) is 25.1 Å². The van der Waals surface area contributed by atoms with Crippen LogP contribution in [0.5, 0.6) is 17.2 Å². The lowest BCUT2D eigenvalue weighted by atomic mass is 10.2. The van der Waals surface area contributed by atoms with Crippen LogP contribution < -0.4 is 19.5 Å². The van der Waals surface area contributed by atoms with Crippen molar-refractivity contribution >= 4 is 17.6 Å². The fourth-order valence-corrected chi connectivity index (χ4v) is 2.51. The number of carbonyl (C=O) groups is 2. The van der Waals surface area contributed by atoms with Crippen LogP contribution in [0.3, 0.4) is 0 Å². The maximum Gasteiger partial charge on any atom is 0.347 e. The topological polar surface area (TPSA) is 83.1 Å². The number of benzene rings is 2. The van der Waals surface area contributed by atoms with E-state index in [1.54, 1.807) is 30.3 Å². The highest BCUT2D eigenvalue weighted by atomic mass is 16.6. The summed E-state index contributed by atoms with van der Waals surface area (Å²) in [5.74, 6) is 0.739. The van der Waals surface area contributed by atoms with E-state index >= 15 is 0 Å². The molecular formula is C20H21NO6. The minimum atomic E-state index is -0.769. The average Bonchev–Trinajstić information content (AvgIpc) is 2.71. The Morgan fingerprint density at radius 1 is 1.07 bits per heavy atom. The second kappa shape index (κ2) is 8.93. The molecular weight excluding hydrogens is 350 g/mol. The fourth-order valence-electron chi connectivity index (χ4n) is 2.51. The van der Waals surface area contributed by atoms with Crippen LogP contribution in [-0.4, -0.2) is 37.8 Å². The molecule has 0 unspecified atom stereocenters. The van der Waals surface area contributed by atoms with Crippen molar-refractivity contribution in [3.63, 3.8) is 0 Å². The van der Waals surface area contributed by atoms with E-state index in [2.05, 4.69) is 5.32 Å². The largest absolute Gasteiger partial charge is 0.486 e. The van der Waals surface area contributed by atoms with Crippen LogP contribution in [0.1, 0.15) is 13.3 Å². The molecule has 1 amide bonds. The van der Waals surface area contributed by atoms with Gasteiger partial charge >= 0.3 is 5.97 Å². The van der Waals surface area contributed by atoms with Gasteiger partial charge in [0.2, 0.25) is 0 Å². The maximum absolute atomic E-state index is 12.2. The van der Waals surface area contributed by atoms with E-state index in [1.807, 2.05) is 25.1 Å². The van der Waals surface area contributed by atoms with Gasteiger partial charge in [-0.2, -0.15) is 0 Å². The number of amides is 1. The fraction of sp³-hybridized carbons (Fsp3) is 0.300. The molecule has 7 heteroatoms. The van der Waals surface area contributed by atoms with Gasteiger partial charge in [-0.25, -0.2) is 4.79 Å². The molecule has 1 atom stereocenters. The quantitative estimate of drug-likeness (QED) is 0.754. The number of carbonyl (C=O) groups excluding carboxylic acids is 2. The summed E-state index contributed by atoms with van der Waals surface area (Å²) in [6.45, 7) is 2.37. The molecule has 0 spiro atoms. The number of para-hydroxylation sites is 1. The zero-order valence-electron chi connectivity index (χ0n) is 15.0. The molecule has 1 aliphatic heterocycles. The molecule has 0 aliphatic carbocycles. The lowest BCUT2D eigenvalue weighted by Crippen LogP contribution is -2.31. The number of anilines is 1. The molecule has 1 aliphatic rings. The zero-order valence-corrected chi connectivity index (χ0v) is 15.0. The smallest absolute Gasteiger partial charge is 0.347 e. The Hall–Kier alpha value is -3.22. The van der Waals surface area contributed by atoms with Crippen LogP contribution >= 0.6 is 0 Å². The summed E-state index contributed by atoms with van der Waals surface area (Å²) in [5.41, 5.74) is 0.535. The lowest BCUT2D eigenvalue weighted by Gasteiger charge is -2.19. The molecule has 0 radical (unpaired) electrons. The monoisotopic (exact) mass is 371 g/mol. The first-order chi connectivity index (χ1) is 13.2. The van der Waals surface area contributed by atoms with Crippen molar-refractivity contribution in [3.8, 4) is 17.2 Å². The Labute approximate surface area is 157 Å². The van der Waals surface area contributed by atoms with Crippen LogP contribution in [0.4, 0.5) is 5.69 Å². The number of esters is 1. The van der Waals surface area contributed by atoms with Gasteiger partial charge in [-0.3, -0.25) is 4.79 Å². The zero-order chi connectivity index (χ0) is 19.1. The number of rotatable bonds is 7. The van der Waals surface area contributed by atoms with Crippen LogP contribution in [0, 0.1) is 0 Å². The predicted octanol–water partition coefficient (Wildman–Crippen LogP) is 2.80. The van der Waals surface area contributed by atoms with Crippen molar-refractivity contribution in [3.05, 3.63) is 48.5 Å². The molecule has 0 saturated heterocycles. The van der Waals surface area contributed by atoms with Crippen molar-refractivity contribution in [2.75, 3.05) is 25.1 Å². The number of ether oxygens (including phenoxy) is 4. The van der Waals surface area contributed by atoms with Crippen molar-refractivity contribution in [1.82, 2.24) is 0 Å². The summed E-state index contributed by atoms with van der Waals surface area (Å²) in [6, 6.07) is 14.1. The predicted molar refractivity (Wildman–Crippen MR) is 98.2 cm³/mol. The lowest BCUT2D eigenvalue weighted by molar-refractivity contribution is -0.154. The first kappa shape index (κ1) is 18.6. The minimum absolute atomic E-state index is 0.401. The molecule has 2 aromatic rings. The van der Waals surface area contributed by atoms with E-state index < -0.39 is 24.6 Å². The molecule has 3 rings (SSSR count). The number of hydrogen-bond acceptors (Lipinski definition) is 6. The van der Waals surface area contributed by atoms with Crippen LogP contribution in [0.25, 0.3) is 0 Å². The number of fused-ring (bicyclic) bond motifs is 1. The summed E-state index contributed by atoms with van der Waals surface area (Å²) < 4.78 is 21.6. The van der Waals surface area contributed by atoms with Gasteiger partial charge in [0, 0.05) is 11.8 Å². The molecule has 1 N–H and O–H groups in total. The van der Waals surface area contributed by atoms with Gasteiger partial charge in [0.15, 0.2) is 24.2 Å². The molecule has 0 aromatic heterocycles. The van der Waals surface area contributed by atoms with E-state index in [0.29, 0.717) is 42.6 Å². The Kier molecular flexibility index (Phi) is 6.14. The van der Waals surface area contributed by atoms with Crippen LogP contribution in [-0.2, 0) is 14.3 Å². The van der Waals surface area contributed by atoms with Gasteiger partial charge in [0.25, 0.3) is 5.91 Å². The molecule has 0 saturated carbocycles. The Balaban J connectivity index is 1.49. The second-order valence-corrected chi connectivity index (χ2v) is 5.84. The first-order valence-corrected chi connectivity index (χ1v) is 8.73. The van der Waals surface area contributed by atoms with E-state index in [-0.39, 0.29) is 0 Å². The van der Waals surface area contributed by atoms with Crippen molar-refractivity contribution in [2.45, 2.75) is 19.4 Å². The maximum atomic E-state index is 12.2. The normalized spacial score (nSPS) is 13.4. The van der Waals surface area contributed by atoms with Gasteiger partial charge in [-0.15, -0.1) is 0 Å². The third-order valence-corrected chi connectivity index (χ3v) is 3.83. The Morgan fingerprint density at radius 2 is 1.81 bits per heavy atom. The summed E-state index contributed by atoms with van der Waals surface area (Å²) in [6.07, 6.45) is -0.341. The van der Waals surface area contributed by atoms with Crippen LogP contribution in [0.15, 0.2) is 48.5 Å². The standard InChI is InChI=1S/C20H21NO6/c1-2-16(27-15-6-4-3-5-7-15)20(23)26-13-19(22)21-14-8-9-17-18(12-14)25-11-10-24-17/h3-9,12,16H,2,10-11,13H2,1H3,(H,21,22)/t16-/m1/s1. The number of nitrogens with one attached hydrogen (secondary N) is 1. The van der Waals surface area contributed by atoms with Gasteiger partial charge in [0.05, 0.1) is 0 Å². The third-order valence-electron chi connectivity index (χ3n) is 3.83. The average molecular weight is 371 g/mol. The van der Waals surface area contributed by atoms with Crippen molar-refractivity contribution in [2.24, 2.45) is 0 Å². The van der Waals surface area contributed by atoms with Crippen LogP contribution in [0.2, 0.25) is 0 Å². The molecule has 1 heterocycles. The SMILES string of the molecule is CC[C@@H](Oc1ccccc1)C(=O)OCC(=O)Nc1ccc2c(c1)OCCO2. The van der Waals surface area contributed by atoms with Crippen molar-refractivity contribution in [1.29, 1.82) is 0 Å². The van der Waals surface area contributed by atoms with E-state index in [9.17, 15) is 9.59 Å².